The Labute approximate surface area is 119 Å². The maximum atomic E-state index is 12.0. The van der Waals surface area contributed by atoms with Crippen molar-refractivity contribution in [3.63, 3.8) is 0 Å². The molecule has 1 aromatic carbocycles. The zero-order chi connectivity index (χ0) is 14.6. The van der Waals surface area contributed by atoms with Crippen LogP contribution in [0.2, 0.25) is 0 Å². The average molecular weight is 296 g/mol. The van der Waals surface area contributed by atoms with E-state index in [-0.39, 0.29) is 35.9 Å². The molecule has 2 rings (SSSR count). The standard InChI is InChI=1S/C14H20N2O3S/c1-11(12-5-3-2-4-6-12)16-14(17)9-13-10-20(18,19)8-7-15-13/h2-6,11,13,15H,7-10H2,1H3,(H,16,17)/t11-,13?/m1/s1. The maximum Gasteiger partial charge on any atom is 0.222 e. The monoisotopic (exact) mass is 296 g/mol. The zero-order valence-electron chi connectivity index (χ0n) is 11.5. The van der Waals surface area contributed by atoms with Gasteiger partial charge in [0.25, 0.3) is 0 Å². The van der Waals surface area contributed by atoms with E-state index in [1.54, 1.807) is 0 Å². The van der Waals surface area contributed by atoms with Gasteiger partial charge in [-0.05, 0) is 12.5 Å². The van der Waals surface area contributed by atoms with Gasteiger partial charge in [-0.3, -0.25) is 4.79 Å². The second-order valence-corrected chi connectivity index (χ2v) is 7.40. The molecule has 1 unspecified atom stereocenters. The minimum atomic E-state index is -3.00. The van der Waals surface area contributed by atoms with Crippen molar-refractivity contribution >= 4 is 15.7 Å². The molecule has 0 spiro atoms. The fourth-order valence-electron chi connectivity index (χ4n) is 2.35. The summed E-state index contributed by atoms with van der Waals surface area (Å²) >= 11 is 0. The molecule has 0 bridgehead atoms. The van der Waals surface area contributed by atoms with Crippen LogP contribution in [0.5, 0.6) is 0 Å². The van der Waals surface area contributed by atoms with Crippen molar-refractivity contribution < 1.29 is 13.2 Å². The highest BCUT2D eigenvalue weighted by molar-refractivity contribution is 7.91. The summed E-state index contributed by atoms with van der Waals surface area (Å²) in [6, 6.07) is 9.32. The van der Waals surface area contributed by atoms with Crippen LogP contribution in [0.25, 0.3) is 0 Å². The van der Waals surface area contributed by atoms with E-state index in [9.17, 15) is 13.2 Å². The largest absolute Gasteiger partial charge is 0.350 e. The first-order chi connectivity index (χ1) is 9.46. The Bertz CT molecular complexity index is 557. The number of sulfone groups is 1. The lowest BCUT2D eigenvalue weighted by atomic mass is 10.1. The number of amides is 1. The van der Waals surface area contributed by atoms with Crippen molar-refractivity contribution in [3.8, 4) is 0 Å². The first-order valence-electron chi connectivity index (χ1n) is 6.74. The second kappa shape index (κ2) is 6.37. The van der Waals surface area contributed by atoms with E-state index in [2.05, 4.69) is 10.6 Å². The molecule has 1 heterocycles. The fourth-order valence-corrected chi connectivity index (χ4v) is 3.79. The van der Waals surface area contributed by atoms with Crippen molar-refractivity contribution in [2.45, 2.75) is 25.4 Å². The molecule has 0 radical (unpaired) electrons. The van der Waals surface area contributed by atoms with Gasteiger partial charge in [0.05, 0.1) is 17.5 Å². The summed E-state index contributed by atoms with van der Waals surface area (Å²) < 4.78 is 23.0. The molecule has 0 saturated carbocycles. The summed E-state index contributed by atoms with van der Waals surface area (Å²) in [7, 11) is -3.00. The molecule has 2 atom stereocenters. The Kier molecular flexibility index (Phi) is 4.77. The zero-order valence-corrected chi connectivity index (χ0v) is 12.3. The van der Waals surface area contributed by atoms with E-state index in [4.69, 9.17) is 0 Å². The Morgan fingerprint density at radius 1 is 1.40 bits per heavy atom. The molecule has 1 saturated heterocycles. The highest BCUT2D eigenvalue weighted by Crippen LogP contribution is 2.12. The molecule has 6 heteroatoms. The summed E-state index contributed by atoms with van der Waals surface area (Å²) in [5.74, 6) is 0.0713. The molecule has 0 aliphatic carbocycles. The van der Waals surface area contributed by atoms with Crippen LogP contribution in [-0.4, -0.2) is 38.4 Å². The summed E-state index contributed by atoms with van der Waals surface area (Å²) in [4.78, 5) is 12.0. The average Bonchev–Trinajstić information content (AvgIpc) is 2.38. The summed E-state index contributed by atoms with van der Waals surface area (Å²) in [6.45, 7) is 2.34. The van der Waals surface area contributed by atoms with Crippen LogP contribution in [0.1, 0.15) is 24.9 Å². The van der Waals surface area contributed by atoms with Gasteiger partial charge in [-0.1, -0.05) is 30.3 Å². The molecular formula is C14H20N2O3S. The normalized spacial score (nSPS) is 22.9. The minimum Gasteiger partial charge on any atom is -0.350 e. The molecule has 110 valence electrons. The van der Waals surface area contributed by atoms with Crippen LogP contribution in [0.15, 0.2) is 30.3 Å². The van der Waals surface area contributed by atoms with Crippen LogP contribution >= 0.6 is 0 Å². The SMILES string of the molecule is C[C@@H](NC(=O)CC1CS(=O)(=O)CCN1)c1ccccc1. The number of hydrogen-bond donors (Lipinski definition) is 2. The molecule has 20 heavy (non-hydrogen) atoms. The number of rotatable bonds is 4. The number of benzene rings is 1. The number of carbonyl (C=O) groups is 1. The minimum absolute atomic E-state index is 0.0418. The first kappa shape index (κ1) is 15.0. The third-order valence-corrected chi connectivity index (χ3v) is 5.15. The van der Waals surface area contributed by atoms with Crippen LogP contribution < -0.4 is 10.6 Å². The number of nitrogens with one attached hydrogen (secondary N) is 2. The fraction of sp³-hybridized carbons (Fsp3) is 0.500. The van der Waals surface area contributed by atoms with Crippen molar-refractivity contribution in [2.24, 2.45) is 0 Å². The second-order valence-electron chi connectivity index (χ2n) is 5.17. The van der Waals surface area contributed by atoms with Gasteiger partial charge in [-0.25, -0.2) is 8.42 Å². The van der Waals surface area contributed by atoms with Gasteiger partial charge in [-0.2, -0.15) is 0 Å². The van der Waals surface area contributed by atoms with Gasteiger partial charge in [0.1, 0.15) is 0 Å². The lowest BCUT2D eigenvalue weighted by molar-refractivity contribution is -0.122. The topological polar surface area (TPSA) is 75.3 Å². The molecule has 2 N–H and O–H groups in total. The Hall–Kier alpha value is -1.40. The molecule has 1 aromatic rings. The van der Waals surface area contributed by atoms with Gasteiger partial charge in [0.2, 0.25) is 5.91 Å². The van der Waals surface area contributed by atoms with E-state index >= 15 is 0 Å². The first-order valence-corrected chi connectivity index (χ1v) is 8.56. The maximum absolute atomic E-state index is 12.0. The molecular weight excluding hydrogens is 276 g/mol. The van der Waals surface area contributed by atoms with E-state index in [0.717, 1.165) is 5.56 Å². The van der Waals surface area contributed by atoms with Crippen molar-refractivity contribution in [1.29, 1.82) is 0 Å². The molecule has 1 aliphatic rings. The Morgan fingerprint density at radius 3 is 2.75 bits per heavy atom. The van der Waals surface area contributed by atoms with E-state index < -0.39 is 9.84 Å². The predicted octanol–water partition coefficient (Wildman–Crippen LogP) is 0.641. The van der Waals surface area contributed by atoms with Gasteiger partial charge in [0.15, 0.2) is 9.84 Å². The lowest BCUT2D eigenvalue weighted by Gasteiger charge is -2.24. The number of hydrogen-bond acceptors (Lipinski definition) is 4. The third kappa shape index (κ3) is 4.31. The number of carbonyl (C=O) groups excluding carboxylic acids is 1. The van der Waals surface area contributed by atoms with E-state index in [1.807, 2.05) is 37.3 Å². The Balaban J connectivity index is 1.86. The quantitative estimate of drug-likeness (QED) is 0.855. The molecule has 1 amide bonds. The smallest absolute Gasteiger partial charge is 0.222 e. The molecule has 1 aliphatic heterocycles. The summed E-state index contributed by atoms with van der Waals surface area (Å²) in [5, 5.41) is 5.98. The van der Waals surface area contributed by atoms with Crippen LogP contribution in [0.4, 0.5) is 0 Å². The van der Waals surface area contributed by atoms with Crippen LogP contribution in [-0.2, 0) is 14.6 Å². The Morgan fingerprint density at radius 2 is 2.10 bits per heavy atom. The van der Waals surface area contributed by atoms with Crippen LogP contribution in [0, 0.1) is 0 Å². The molecule has 0 aromatic heterocycles. The van der Waals surface area contributed by atoms with Crippen molar-refractivity contribution in [3.05, 3.63) is 35.9 Å². The van der Waals surface area contributed by atoms with Gasteiger partial charge in [0, 0.05) is 19.0 Å². The summed E-state index contributed by atoms with van der Waals surface area (Å²) in [5.41, 5.74) is 1.03. The van der Waals surface area contributed by atoms with Crippen LogP contribution in [0.3, 0.4) is 0 Å². The van der Waals surface area contributed by atoms with Gasteiger partial charge >= 0.3 is 0 Å². The van der Waals surface area contributed by atoms with E-state index in [0.29, 0.717) is 6.54 Å². The van der Waals surface area contributed by atoms with E-state index in [1.165, 1.54) is 0 Å². The molecule has 1 fully saturated rings. The summed E-state index contributed by atoms with van der Waals surface area (Å²) in [6.07, 6.45) is 0.191. The highest BCUT2D eigenvalue weighted by atomic mass is 32.2. The third-order valence-electron chi connectivity index (χ3n) is 3.41. The molecule has 5 nitrogen and oxygen atoms in total. The van der Waals surface area contributed by atoms with Crippen molar-refractivity contribution in [1.82, 2.24) is 10.6 Å². The highest BCUT2D eigenvalue weighted by Gasteiger charge is 2.26. The lowest BCUT2D eigenvalue weighted by Crippen LogP contribution is -2.47. The predicted molar refractivity (Wildman–Crippen MR) is 78.1 cm³/mol. The van der Waals surface area contributed by atoms with Gasteiger partial charge < -0.3 is 10.6 Å². The van der Waals surface area contributed by atoms with Gasteiger partial charge in [-0.15, -0.1) is 0 Å². The van der Waals surface area contributed by atoms with Crippen molar-refractivity contribution in [2.75, 3.05) is 18.1 Å².